The molecule has 0 unspecified atom stereocenters. The zero-order valence-corrected chi connectivity index (χ0v) is 13.6. The number of nitrogens with one attached hydrogen (secondary N) is 1. The van der Waals surface area contributed by atoms with E-state index in [0.717, 1.165) is 28.8 Å². The minimum absolute atomic E-state index is 0.487. The molecule has 0 radical (unpaired) electrons. The third-order valence-electron chi connectivity index (χ3n) is 2.92. The minimum atomic E-state index is 0.487. The van der Waals surface area contributed by atoms with Crippen molar-refractivity contribution in [1.29, 1.82) is 0 Å². The molecule has 2 aromatic rings. The molecule has 0 aliphatic carbocycles. The van der Waals surface area contributed by atoms with Crippen LogP contribution >= 0.6 is 22.9 Å². The predicted octanol–water partition coefficient (Wildman–Crippen LogP) is 3.93. The molecule has 0 fully saturated rings. The molecule has 5 heteroatoms. The third kappa shape index (κ3) is 4.20. The first-order chi connectivity index (χ1) is 9.56. The van der Waals surface area contributed by atoms with Gasteiger partial charge in [0.1, 0.15) is 0 Å². The molecule has 1 N–H and O–H groups in total. The summed E-state index contributed by atoms with van der Waals surface area (Å²) in [5, 5.41) is 5.23. The van der Waals surface area contributed by atoms with Crippen molar-refractivity contribution in [3.63, 3.8) is 0 Å². The van der Waals surface area contributed by atoms with Crippen LogP contribution in [0.15, 0.2) is 30.5 Å². The molecule has 0 amide bonds. The lowest BCUT2D eigenvalue weighted by molar-refractivity contribution is 0.593. The first-order valence-corrected chi connectivity index (χ1v) is 7.88. The van der Waals surface area contributed by atoms with Gasteiger partial charge in [-0.1, -0.05) is 43.6 Å². The van der Waals surface area contributed by atoms with Gasteiger partial charge >= 0.3 is 0 Å². The number of thiazole rings is 1. The van der Waals surface area contributed by atoms with Gasteiger partial charge in [-0.2, -0.15) is 0 Å². The van der Waals surface area contributed by atoms with Gasteiger partial charge in [-0.05, 0) is 11.6 Å². The number of hydrogen-bond acceptors (Lipinski definition) is 4. The lowest BCUT2D eigenvalue weighted by Gasteiger charge is -2.16. The van der Waals surface area contributed by atoms with Crippen molar-refractivity contribution in [2.24, 2.45) is 0 Å². The lowest BCUT2D eigenvalue weighted by atomic mass is 10.2. The molecule has 0 bridgehead atoms. The van der Waals surface area contributed by atoms with Crippen LogP contribution < -0.4 is 10.2 Å². The molecule has 0 atom stereocenters. The van der Waals surface area contributed by atoms with Crippen LogP contribution in [0.25, 0.3) is 0 Å². The van der Waals surface area contributed by atoms with Crippen LogP contribution in [0, 0.1) is 0 Å². The molecule has 2 rings (SSSR count). The van der Waals surface area contributed by atoms with E-state index >= 15 is 0 Å². The van der Waals surface area contributed by atoms with E-state index in [-0.39, 0.29) is 0 Å². The van der Waals surface area contributed by atoms with Crippen molar-refractivity contribution >= 4 is 28.1 Å². The topological polar surface area (TPSA) is 28.2 Å². The maximum atomic E-state index is 6.19. The molecule has 0 saturated carbocycles. The molecular formula is C15H20ClN3S. The van der Waals surface area contributed by atoms with E-state index in [4.69, 9.17) is 11.6 Å². The highest BCUT2D eigenvalue weighted by atomic mass is 35.5. The normalized spacial score (nSPS) is 11.1. The van der Waals surface area contributed by atoms with Gasteiger partial charge in [-0.3, -0.25) is 0 Å². The van der Waals surface area contributed by atoms with Gasteiger partial charge in [0.05, 0.1) is 0 Å². The number of halogens is 1. The maximum Gasteiger partial charge on any atom is 0.185 e. The van der Waals surface area contributed by atoms with E-state index in [1.54, 1.807) is 11.3 Å². The lowest BCUT2D eigenvalue weighted by Crippen LogP contribution is -2.21. The summed E-state index contributed by atoms with van der Waals surface area (Å²) >= 11 is 7.91. The fraction of sp³-hybridized carbons (Fsp3) is 0.400. The number of rotatable bonds is 6. The number of aromatic nitrogens is 1. The average molecular weight is 310 g/mol. The Morgan fingerprint density at radius 3 is 2.80 bits per heavy atom. The first kappa shape index (κ1) is 15.3. The van der Waals surface area contributed by atoms with Crippen molar-refractivity contribution in [2.75, 3.05) is 11.9 Å². The van der Waals surface area contributed by atoms with Gasteiger partial charge in [0, 0.05) is 42.3 Å². The smallest absolute Gasteiger partial charge is 0.185 e. The minimum Gasteiger partial charge on any atom is -0.347 e. The Hall–Kier alpha value is -1.10. The number of hydrogen-bond donors (Lipinski definition) is 1. The summed E-state index contributed by atoms with van der Waals surface area (Å²) in [5.41, 5.74) is 1.12. The fourth-order valence-corrected chi connectivity index (χ4v) is 2.83. The third-order valence-corrected chi connectivity index (χ3v) is 4.40. The molecule has 0 spiro atoms. The van der Waals surface area contributed by atoms with E-state index < -0.39 is 0 Å². The Morgan fingerprint density at radius 1 is 1.35 bits per heavy atom. The van der Waals surface area contributed by atoms with Crippen LogP contribution in [0.4, 0.5) is 5.13 Å². The van der Waals surface area contributed by atoms with E-state index in [0.29, 0.717) is 6.04 Å². The quantitative estimate of drug-likeness (QED) is 0.876. The van der Waals surface area contributed by atoms with Crippen LogP contribution in [0.1, 0.15) is 24.3 Å². The van der Waals surface area contributed by atoms with Gasteiger partial charge in [-0.15, -0.1) is 11.3 Å². The summed E-state index contributed by atoms with van der Waals surface area (Å²) in [6, 6.07) is 8.42. The monoisotopic (exact) mass is 309 g/mol. The molecule has 3 nitrogen and oxygen atoms in total. The van der Waals surface area contributed by atoms with Crippen LogP contribution in [0.2, 0.25) is 5.02 Å². The second-order valence-electron chi connectivity index (χ2n) is 5.09. The summed E-state index contributed by atoms with van der Waals surface area (Å²) in [6.45, 7) is 5.93. The SMILES string of the molecule is CC(C)NCc1cnc(N(C)Cc2ccccc2Cl)s1. The Labute approximate surface area is 129 Å². The average Bonchev–Trinajstić information content (AvgIpc) is 2.88. The summed E-state index contributed by atoms with van der Waals surface area (Å²) in [4.78, 5) is 7.86. The van der Waals surface area contributed by atoms with E-state index in [1.807, 2.05) is 37.5 Å². The summed E-state index contributed by atoms with van der Waals surface area (Å²) < 4.78 is 0. The fourth-order valence-electron chi connectivity index (χ4n) is 1.81. The number of nitrogens with zero attached hydrogens (tertiary/aromatic N) is 2. The highest BCUT2D eigenvalue weighted by molar-refractivity contribution is 7.15. The highest BCUT2D eigenvalue weighted by Gasteiger charge is 2.09. The molecular weight excluding hydrogens is 290 g/mol. The molecule has 0 aliphatic rings. The zero-order chi connectivity index (χ0) is 14.5. The molecule has 20 heavy (non-hydrogen) atoms. The molecule has 108 valence electrons. The van der Waals surface area contributed by atoms with Crippen LogP contribution in [0.3, 0.4) is 0 Å². The van der Waals surface area contributed by atoms with Crippen molar-refractivity contribution in [1.82, 2.24) is 10.3 Å². The predicted molar refractivity (Wildman–Crippen MR) is 87.6 cm³/mol. The van der Waals surface area contributed by atoms with Gasteiger partial charge in [0.15, 0.2) is 5.13 Å². The standard InChI is InChI=1S/C15H20ClN3S/c1-11(2)17-8-13-9-18-15(20-13)19(3)10-12-6-4-5-7-14(12)16/h4-7,9,11,17H,8,10H2,1-3H3. The number of anilines is 1. The van der Waals surface area contributed by atoms with Crippen LogP contribution in [0.5, 0.6) is 0 Å². The van der Waals surface area contributed by atoms with Crippen LogP contribution in [-0.4, -0.2) is 18.1 Å². The summed E-state index contributed by atoms with van der Waals surface area (Å²) in [7, 11) is 2.04. The molecule has 1 aromatic carbocycles. The second-order valence-corrected chi connectivity index (χ2v) is 6.59. The molecule has 1 aromatic heterocycles. The van der Waals surface area contributed by atoms with E-state index in [1.165, 1.54) is 4.88 Å². The maximum absolute atomic E-state index is 6.19. The van der Waals surface area contributed by atoms with Gasteiger partial charge in [-0.25, -0.2) is 4.98 Å². The Kier molecular flexibility index (Phi) is 5.40. The van der Waals surface area contributed by atoms with Gasteiger partial charge in [0.2, 0.25) is 0 Å². The van der Waals surface area contributed by atoms with E-state index in [2.05, 4.69) is 29.0 Å². The van der Waals surface area contributed by atoms with Crippen molar-refractivity contribution < 1.29 is 0 Å². The Bertz CT molecular complexity index is 554. The summed E-state index contributed by atoms with van der Waals surface area (Å²) in [6.07, 6.45) is 1.94. The first-order valence-electron chi connectivity index (χ1n) is 6.69. The number of benzene rings is 1. The van der Waals surface area contributed by atoms with Gasteiger partial charge in [0.25, 0.3) is 0 Å². The summed E-state index contributed by atoms with van der Waals surface area (Å²) in [5.74, 6) is 0. The largest absolute Gasteiger partial charge is 0.347 e. The van der Waals surface area contributed by atoms with Crippen molar-refractivity contribution in [2.45, 2.75) is 33.0 Å². The van der Waals surface area contributed by atoms with Crippen LogP contribution in [-0.2, 0) is 13.1 Å². The zero-order valence-electron chi connectivity index (χ0n) is 12.1. The second kappa shape index (κ2) is 7.07. The Morgan fingerprint density at radius 2 is 2.10 bits per heavy atom. The Balaban J connectivity index is 1.99. The highest BCUT2D eigenvalue weighted by Crippen LogP contribution is 2.24. The van der Waals surface area contributed by atoms with Gasteiger partial charge < -0.3 is 10.2 Å². The van der Waals surface area contributed by atoms with E-state index in [9.17, 15) is 0 Å². The molecule has 0 saturated heterocycles. The van der Waals surface area contributed by atoms with Crippen molar-refractivity contribution in [3.8, 4) is 0 Å². The molecule has 1 heterocycles. The van der Waals surface area contributed by atoms with Crippen molar-refractivity contribution in [3.05, 3.63) is 45.9 Å². The molecule has 0 aliphatic heterocycles.